The zero-order valence-electron chi connectivity index (χ0n) is 13.6. The Morgan fingerprint density at radius 1 is 1.10 bits per heavy atom. The Bertz CT molecular complexity index is 467. The summed E-state index contributed by atoms with van der Waals surface area (Å²) in [6.45, 7) is 6.67. The molecule has 0 bridgehead atoms. The predicted octanol–water partition coefficient (Wildman–Crippen LogP) is 5.12. The van der Waals surface area contributed by atoms with Crippen LogP contribution in [0.15, 0.2) is 24.3 Å². The molecule has 2 heteroatoms. The number of carboxylic acid groups (broad SMARTS) is 1. The third-order valence-electron chi connectivity index (χ3n) is 4.80. The summed E-state index contributed by atoms with van der Waals surface area (Å²) in [5, 5.41) is 9.17. The van der Waals surface area contributed by atoms with E-state index in [-0.39, 0.29) is 5.41 Å². The van der Waals surface area contributed by atoms with E-state index in [2.05, 4.69) is 45.0 Å². The van der Waals surface area contributed by atoms with Crippen LogP contribution < -0.4 is 0 Å². The average Bonchev–Trinajstić information content (AvgIpc) is 2.63. The van der Waals surface area contributed by atoms with E-state index >= 15 is 0 Å². The third kappa shape index (κ3) is 4.33. The molecule has 1 aromatic carbocycles. The van der Waals surface area contributed by atoms with Crippen LogP contribution in [0.1, 0.15) is 76.3 Å². The van der Waals surface area contributed by atoms with Gasteiger partial charge in [-0.3, -0.25) is 4.79 Å². The summed E-state index contributed by atoms with van der Waals surface area (Å²) >= 11 is 0. The standard InChI is InChI=1S/C19H28O2/c1-19(2,3)16-11-9-14(10-12-16)17-8-6-4-5-7-15(17)13-18(20)21/h9-12,15,17H,4-8,13H2,1-3H3,(H,20,21). The van der Waals surface area contributed by atoms with Gasteiger partial charge in [0.1, 0.15) is 0 Å². The Balaban J connectivity index is 2.21. The predicted molar refractivity (Wildman–Crippen MR) is 86.7 cm³/mol. The smallest absolute Gasteiger partial charge is 0.303 e. The van der Waals surface area contributed by atoms with Crippen molar-refractivity contribution in [1.29, 1.82) is 0 Å². The molecule has 0 saturated heterocycles. The topological polar surface area (TPSA) is 37.3 Å². The van der Waals surface area contributed by atoms with Crippen molar-refractivity contribution in [1.82, 2.24) is 0 Å². The van der Waals surface area contributed by atoms with Crippen LogP contribution in [0.3, 0.4) is 0 Å². The fourth-order valence-corrected chi connectivity index (χ4v) is 3.52. The molecular formula is C19H28O2. The van der Waals surface area contributed by atoms with E-state index in [1.165, 1.54) is 30.4 Å². The van der Waals surface area contributed by atoms with E-state index in [1.807, 2.05) is 0 Å². The van der Waals surface area contributed by atoms with Crippen molar-refractivity contribution in [3.63, 3.8) is 0 Å². The number of hydrogen-bond acceptors (Lipinski definition) is 1. The van der Waals surface area contributed by atoms with Crippen LogP contribution in [0.4, 0.5) is 0 Å². The van der Waals surface area contributed by atoms with Gasteiger partial charge in [0.05, 0.1) is 0 Å². The van der Waals surface area contributed by atoms with Gasteiger partial charge in [0, 0.05) is 6.42 Å². The van der Waals surface area contributed by atoms with Crippen molar-refractivity contribution in [3.05, 3.63) is 35.4 Å². The molecule has 1 aliphatic rings. The zero-order chi connectivity index (χ0) is 15.5. The molecule has 1 saturated carbocycles. The van der Waals surface area contributed by atoms with Crippen LogP contribution in [-0.4, -0.2) is 11.1 Å². The van der Waals surface area contributed by atoms with Crippen molar-refractivity contribution >= 4 is 5.97 Å². The Morgan fingerprint density at radius 3 is 2.29 bits per heavy atom. The van der Waals surface area contributed by atoms with Gasteiger partial charge in [0.15, 0.2) is 0 Å². The molecule has 21 heavy (non-hydrogen) atoms. The number of hydrogen-bond donors (Lipinski definition) is 1. The monoisotopic (exact) mass is 288 g/mol. The normalized spacial score (nSPS) is 23.6. The molecule has 1 aromatic rings. The molecule has 1 aliphatic carbocycles. The van der Waals surface area contributed by atoms with Crippen molar-refractivity contribution in [3.8, 4) is 0 Å². The first-order valence-electron chi connectivity index (χ1n) is 8.20. The highest BCUT2D eigenvalue weighted by Gasteiger charge is 2.27. The molecule has 1 fully saturated rings. The van der Waals surface area contributed by atoms with Gasteiger partial charge in [-0.25, -0.2) is 0 Å². The number of rotatable bonds is 3. The minimum absolute atomic E-state index is 0.169. The van der Waals surface area contributed by atoms with Crippen molar-refractivity contribution < 1.29 is 9.90 Å². The lowest BCUT2D eigenvalue weighted by Gasteiger charge is -2.26. The van der Waals surface area contributed by atoms with Gasteiger partial charge in [-0.1, -0.05) is 64.3 Å². The Kier molecular flexibility index (Phi) is 5.08. The van der Waals surface area contributed by atoms with Crippen LogP contribution >= 0.6 is 0 Å². The first-order valence-corrected chi connectivity index (χ1v) is 8.20. The molecule has 0 spiro atoms. The van der Waals surface area contributed by atoms with Crippen LogP contribution in [0, 0.1) is 5.92 Å². The van der Waals surface area contributed by atoms with E-state index in [0.29, 0.717) is 18.3 Å². The first kappa shape index (κ1) is 16.1. The maximum absolute atomic E-state index is 11.1. The van der Waals surface area contributed by atoms with E-state index in [4.69, 9.17) is 0 Å². The molecule has 2 rings (SSSR count). The summed E-state index contributed by atoms with van der Waals surface area (Å²) < 4.78 is 0. The Morgan fingerprint density at radius 2 is 1.71 bits per heavy atom. The molecule has 0 aliphatic heterocycles. The second-order valence-electron chi connectivity index (χ2n) is 7.47. The second kappa shape index (κ2) is 6.64. The summed E-state index contributed by atoms with van der Waals surface area (Å²) in [6, 6.07) is 8.90. The van der Waals surface area contributed by atoms with Gasteiger partial charge in [0.25, 0.3) is 0 Å². The largest absolute Gasteiger partial charge is 0.481 e. The average molecular weight is 288 g/mol. The summed E-state index contributed by atoms with van der Waals surface area (Å²) in [4.78, 5) is 11.1. The summed E-state index contributed by atoms with van der Waals surface area (Å²) in [5.41, 5.74) is 2.84. The summed E-state index contributed by atoms with van der Waals surface area (Å²) in [6.07, 6.45) is 6.14. The van der Waals surface area contributed by atoms with Crippen LogP contribution in [0.2, 0.25) is 0 Å². The number of benzene rings is 1. The van der Waals surface area contributed by atoms with Crippen molar-refractivity contribution in [2.45, 2.75) is 70.6 Å². The molecule has 2 atom stereocenters. The lowest BCUT2D eigenvalue weighted by Crippen LogP contribution is -2.16. The third-order valence-corrected chi connectivity index (χ3v) is 4.80. The Hall–Kier alpha value is -1.31. The molecule has 0 heterocycles. The first-order chi connectivity index (χ1) is 9.88. The fraction of sp³-hybridized carbons (Fsp3) is 0.632. The quantitative estimate of drug-likeness (QED) is 0.783. The number of aliphatic carboxylic acids is 1. The number of carbonyl (C=O) groups is 1. The van der Waals surface area contributed by atoms with Crippen LogP contribution in [0.5, 0.6) is 0 Å². The summed E-state index contributed by atoms with van der Waals surface area (Å²) in [5.74, 6) is 0.0568. The minimum atomic E-state index is -0.654. The Labute approximate surface area is 128 Å². The van der Waals surface area contributed by atoms with Crippen molar-refractivity contribution in [2.75, 3.05) is 0 Å². The molecule has 1 N–H and O–H groups in total. The highest BCUT2D eigenvalue weighted by Crippen LogP contribution is 2.39. The van der Waals surface area contributed by atoms with E-state index in [9.17, 15) is 9.90 Å². The van der Waals surface area contributed by atoms with E-state index in [1.54, 1.807) is 0 Å². The second-order valence-corrected chi connectivity index (χ2v) is 7.47. The zero-order valence-corrected chi connectivity index (χ0v) is 13.6. The number of carboxylic acids is 1. The van der Waals surface area contributed by atoms with Gasteiger partial charge < -0.3 is 5.11 Å². The van der Waals surface area contributed by atoms with Crippen molar-refractivity contribution in [2.24, 2.45) is 5.92 Å². The van der Waals surface area contributed by atoms with Crippen LogP contribution in [-0.2, 0) is 10.2 Å². The molecule has 0 aromatic heterocycles. The molecular weight excluding hydrogens is 260 g/mol. The van der Waals surface area contributed by atoms with Gasteiger partial charge in [0.2, 0.25) is 0 Å². The molecule has 2 unspecified atom stereocenters. The van der Waals surface area contributed by atoms with E-state index < -0.39 is 5.97 Å². The maximum atomic E-state index is 11.1. The minimum Gasteiger partial charge on any atom is -0.481 e. The molecule has 116 valence electrons. The highest BCUT2D eigenvalue weighted by molar-refractivity contribution is 5.67. The van der Waals surface area contributed by atoms with Gasteiger partial charge >= 0.3 is 5.97 Å². The van der Waals surface area contributed by atoms with Crippen LogP contribution in [0.25, 0.3) is 0 Å². The molecule has 2 nitrogen and oxygen atoms in total. The highest BCUT2D eigenvalue weighted by atomic mass is 16.4. The maximum Gasteiger partial charge on any atom is 0.303 e. The van der Waals surface area contributed by atoms with Gasteiger partial charge in [-0.2, -0.15) is 0 Å². The molecule has 0 amide bonds. The lowest BCUT2D eigenvalue weighted by molar-refractivity contribution is -0.138. The lowest BCUT2D eigenvalue weighted by atomic mass is 9.79. The fourth-order valence-electron chi connectivity index (χ4n) is 3.52. The van der Waals surface area contributed by atoms with Gasteiger partial charge in [-0.05, 0) is 41.2 Å². The van der Waals surface area contributed by atoms with Gasteiger partial charge in [-0.15, -0.1) is 0 Å². The SMILES string of the molecule is CC(C)(C)c1ccc(C2CCCCCC2CC(=O)O)cc1. The molecule has 0 radical (unpaired) electrons. The summed E-state index contributed by atoms with van der Waals surface area (Å²) in [7, 11) is 0. The van der Waals surface area contributed by atoms with E-state index in [0.717, 1.165) is 12.8 Å².